The zero-order chi connectivity index (χ0) is 29.4. The molecule has 0 radical (unpaired) electrons. The number of anilines is 2. The summed E-state index contributed by atoms with van der Waals surface area (Å²) in [6, 6.07) is 9.31. The van der Waals surface area contributed by atoms with E-state index in [1.807, 2.05) is 6.07 Å². The van der Waals surface area contributed by atoms with Gasteiger partial charge in [-0.15, -0.1) is 0 Å². The smallest absolute Gasteiger partial charge is 0.274 e. The van der Waals surface area contributed by atoms with Crippen LogP contribution in [0.5, 0.6) is 5.75 Å². The number of nitrogens with one attached hydrogen (secondary N) is 1. The van der Waals surface area contributed by atoms with E-state index in [0.29, 0.717) is 34.0 Å². The zero-order valence-electron chi connectivity index (χ0n) is 22.9. The molecule has 9 nitrogen and oxygen atoms in total. The minimum absolute atomic E-state index is 0.00456. The molecule has 3 heterocycles. The number of hydrogen-bond acceptors (Lipinski definition) is 7. The summed E-state index contributed by atoms with van der Waals surface area (Å²) in [7, 11) is 1.61. The maximum atomic E-state index is 15.2. The van der Waals surface area contributed by atoms with E-state index in [4.69, 9.17) is 9.84 Å². The SMILES string of the molecule is Cn1cc(C2=CC=CC(n3ccc4cc(C5CC5)cc(F)c4c3=O)C2C=O)cc(Nc2ccc(OCCO)cn2)c1=O. The molecule has 6 rings (SSSR count). The summed E-state index contributed by atoms with van der Waals surface area (Å²) in [5.74, 6) is -0.102. The summed E-state index contributed by atoms with van der Waals surface area (Å²) in [6.45, 7) is 0.0191. The molecule has 2 unspecified atom stereocenters. The van der Waals surface area contributed by atoms with Crippen LogP contribution in [-0.4, -0.2) is 38.7 Å². The summed E-state index contributed by atoms with van der Waals surface area (Å²) in [5.41, 5.74) is 1.54. The maximum absolute atomic E-state index is 15.2. The van der Waals surface area contributed by atoms with Crippen LogP contribution < -0.4 is 21.2 Å². The average Bonchev–Trinajstić information content (AvgIpc) is 3.84. The summed E-state index contributed by atoms with van der Waals surface area (Å²) in [4.78, 5) is 43.3. The summed E-state index contributed by atoms with van der Waals surface area (Å²) < 4.78 is 23.3. The van der Waals surface area contributed by atoms with E-state index in [1.54, 1.807) is 61.9 Å². The quantitative estimate of drug-likeness (QED) is 0.290. The van der Waals surface area contributed by atoms with Gasteiger partial charge < -0.3 is 29.1 Å². The molecule has 4 aromatic rings. The molecule has 10 heteroatoms. The molecule has 1 aromatic carbocycles. The predicted molar refractivity (Wildman–Crippen MR) is 158 cm³/mol. The van der Waals surface area contributed by atoms with Gasteiger partial charge in [0.2, 0.25) is 0 Å². The van der Waals surface area contributed by atoms with E-state index in [2.05, 4.69) is 10.3 Å². The molecule has 0 spiro atoms. The molecule has 0 aliphatic heterocycles. The number of aromatic nitrogens is 3. The molecule has 3 aromatic heterocycles. The van der Waals surface area contributed by atoms with Gasteiger partial charge in [0, 0.05) is 19.4 Å². The number of aliphatic hydroxyl groups excluding tert-OH is 1. The van der Waals surface area contributed by atoms with Gasteiger partial charge in [-0.1, -0.05) is 24.3 Å². The largest absolute Gasteiger partial charge is 0.490 e. The highest BCUT2D eigenvalue weighted by molar-refractivity contribution is 5.85. The highest BCUT2D eigenvalue weighted by atomic mass is 19.1. The van der Waals surface area contributed by atoms with Gasteiger partial charge in [0.15, 0.2) is 0 Å². The molecule has 1 saturated carbocycles. The number of hydrogen-bond donors (Lipinski definition) is 2. The topological polar surface area (TPSA) is 115 Å². The summed E-state index contributed by atoms with van der Waals surface area (Å²) in [6.07, 6.45) is 12.8. The Kier molecular flexibility index (Phi) is 7.30. The van der Waals surface area contributed by atoms with Gasteiger partial charge in [-0.25, -0.2) is 9.37 Å². The van der Waals surface area contributed by atoms with Crippen LogP contribution >= 0.6 is 0 Å². The van der Waals surface area contributed by atoms with Crippen molar-refractivity contribution in [2.24, 2.45) is 13.0 Å². The van der Waals surface area contributed by atoms with Gasteiger partial charge in [-0.2, -0.15) is 0 Å². The number of fused-ring (bicyclic) bond motifs is 1. The first kappa shape index (κ1) is 27.3. The van der Waals surface area contributed by atoms with E-state index in [1.165, 1.54) is 21.4 Å². The van der Waals surface area contributed by atoms with Crippen LogP contribution in [0.3, 0.4) is 0 Å². The Labute approximate surface area is 240 Å². The van der Waals surface area contributed by atoms with Crippen LogP contribution in [0, 0.1) is 11.7 Å². The highest BCUT2D eigenvalue weighted by Crippen LogP contribution is 2.41. The number of ether oxygens (including phenoxy) is 1. The molecule has 0 amide bonds. The third kappa shape index (κ3) is 5.16. The van der Waals surface area contributed by atoms with Crippen molar-refractivity contribution >= 4 is 34.1 Å². The number of halogens is 1. The van der Waals surface area contributed by atoms with Crippen molar-refractivity contribution in [3.8, 4) is 5.75 Å². The number of pyridine rings is 3. The van der Waals surface area contributed by atoms with Gasteiger partial charge in [0.25, 0.3) is 11.1 Å². The second-order valence-corrected chi connectivity index (χ2v) is 10.6. The van der Waals surface area contributed by atoms with Gasteiger partial charge in [-0.3, -0.25) is 9.59 Å². The summed E-state index contributed by atoms with van der Waals surface area (Å²) >= 11 is 0. The Hall–Kier alpha value is -4.83. The van der Waals surface area contributed by atoms with Crippen molar-refractivity contribution in [2.45, 2.75) is 24.8 Å². The van der Waals surface area contributed by atoms with Crippen LogP contribution in [0.15, 0.2) is 82.8 Å². The molecular weight excluding hydrogens is 539 g/mol. The van der Waals surface area contributed by atoms with Gasteiger partial charge in [0.1, 0.15) is 36.0 Å². The molecule has 2 aliphatic rings. The van der Waals surface area contributed by atoms with Crippen LogP contribution in [-0.2, 0) is 11.8 Å². The summed E-state index contributed by atoms with van der Waals surface area (Å²) in [5, 5.41) is 12.5. The zero-order valence-corrected chi connectivity index (χ0v) is 22.9. The molecule has 0 saturated heterocycles. The van der Waals surface area contributed by atoms with Gasteiger partial charge in [-0.05, 0) is 71.2 Å². The van der Waals surface area contributed by atoms with Gasteiger partial charge in [0.05, 0.1) is 30.1 Å². The minimum atomic E-state index is -0.773. The van der Waals surface area contributed by atoms with Crippen molar-refractivity contribution < 1.29 is 19.0 Å². The number of rotatable bonds is 9. The highest BCUT2D eigenvalue weighted by Gasteiger charge is 2.30. The molecule has 1 fully saturated rings. The molecule has 2 atom stereocenters. The molecule has 2 aliphatic carbocycles. The van der Waals surface area contributed by atoms with Gasteiger partial charge >= 0.3 is 0 Å². The van der Waals surface area contributed by atoms with E-state index in [9.17, 15) is 14.4 Å². The second kappa shape index (κ2) is 11.2. The number of aldehydes is 1. The number of allylic oxidation sites excluding steroid dienone is 4. The van der Waals surface area contributed by atoms with Crippen molar-refractivity contribution in [3.05, 3.63) is 111 Å². The molecule has 42 heavy (non-hydrogen) atoms. The predicted octanol–water partition coefficient (Wildman–Crippen LogP) is 4.24. The normalized spacial score (nSPS) is 18.1. The lowest BCUT2D eigenvalue weighted by atomic mass is 9.84. The molecule has 214 valence electrons. The first-order valence-corrected chi connectivity index (χ1v) is 13.7. The molecule has 0 bridgehead atoms. The lowest BCUT2D eigenvalue weighted by molar-refractivity contribution is -0.110. The number of benzene rings is 1. The Balaban J connectivity index is 1.33. The Morgan fingerprint density at radius 3 is 2.71 bits per heavy atom. The number of carbonyl (C=O) groups excluding carboxylic acids is 1. The fraction of sp³-hybridized carbons (Fsp3) is 0.250. The lowest BCUT2D eigenvalue weighted by Gasteiger charge is -2.28. The van der Waals surface area contributed by atoms with Crippen molar-refractivity contribution in [1.29, 1.82) is 0 Å². The number of aryl methyl sites for hydroxylation is 1. The van der Waals surface area contributed by atoms with Crippen LogP contribution in [0.1, 0.15) is 35.9 Å². The lowest BCUT2D eigenvalue weighted by Crippen LogP contribution is -2.31. The Morgan fingerprint density at radius 1 is 1.17 bits per heavy atom. The van der Waals surface area contributed by atoms with E-state index in [0.717, 1.165) is 24.7 Å². The Morgan fingerprint density at radius 2 is 2.00 bits per heavy atom. The monoisotopic (exact) mass is 568 g/mol. The Bertz CT molecular complexity index is 1850. The molecular formula is C32H29FN4O5. The molecule has 2 N–H and O–H groups in total. The number of aliphatic hydroxyl groups is 1. The minimum Gasteiger partial charge on any atom is -0.490 e. The standard InChI is InChI=1S/C32H29FN4O5/c1-36-17-22(15-27(31(36)40)35-29-8-7-23(16-34-29)42-12-11-38)24-3-2-4-28(25(24)18-39)37-10-9-20-13-21(19-5-6-19)14-26(33)30(20)32(37)41/h2-4,7-10,13-19,25,28,38H,5-6,11-12H2,1H3,(H,34,35). The maximum Gasteiger partial charge on any atom is 0.274 e. The van der Waals surface area contributed by atoms with E-state index < -0.39 is 23.3 Å². The first-order valence-electron chi connectivity index (χ1n) is 13.7. The first-order chi connectivity index (χ1) is 20.4. The number of nitrogens with zero attached hydrogens (tertiary/aromatic N) is 3. The third-order valence-corrected chi connectivity index (χ3v) is 7.71. The fourth-order valence-electron chi connectivity index (χ4n) is 5.45. The van der Waals surface area contributed by atoms with Crippen LogP contribution in [0.4, 0.5) is 15.9 Å². The van der Waals surface area contributed by atoms with Crippen LogP contribution in [0.25, 0.3) is 16.3 Å². The van der Waals surface area contributed by atoms with Crippen molar-refractivity contribution in [3.63, 3.8) is 0 Å². The van der Waals surface area contributed by atoms with E-state index in [-0.39, 0.29) is 29.8 Å². The van der Waals surface area contributed by atoms with E-state index >= 15 is 4.39 Å². The van der Waals surface area contributed by atoms with Crippen LogP contribution in [0.2, 0.25) is 0 Å². The van der Waals surface area contributed by atoms with Crippen molar-refractivity contribution in [2.75, 3.05) is 18.5 Å². The van der Waals surface area contributed by atoms with Crippen molar-refractivity contribution in [1.82, 2.24) is 14.1 Å². The second-order valence-electron chi connectivity index (χ2n) is 10.6. The third-order valence-electron chi connectivity index (χ3n) is 7.71. The average molecular weight is 569 g/mol. The fourth-order valence-corrected chi connectivity index (χ4v) is 5.45. The number of carbonyl (C=O) groups is 1.